The molecule has 0 bridgehead atoms. The van der Waals surface area contributed by atoms with Gasteiger partial charge >= 0.3 is 0 Å². The first-order valence-electron chi connectivity index (χ1n) is 5.94. The first kappa shape index (κ1) is 11.3. The zero-order valence-electron chi connectivity index (χ0n) is 9.74. The SMILES string of the molecule is C[C@@H]1CN(CC2CNCCO2)C[C@H](C)O1. The van der Waals surface area contributed by atoms with Crippen LogP contribution in [0.5, 0.6) is 0 Å². The highest BCUT2D eigenvalue weighted by molar-refractivity contribution is 4.78. The van der Waals surface area contributed by atoms with Gasteiger partial charge in [0.05, 0.1) is 24.9 Å². The van der Waals surface area contributed by atoms with Crippen LogP contribution in [0.1, 0.15) is 13.8 Å². The summed E-state index contributed by atoms with van der Waals surface area (Å²) in [6, 6.07) is 0. The summed E-state index contributed by atoms with van der Waals surface area (Å²) in [5.74, 6) is 0. The molecule has 2 fully saturated rings. The lowest BCUT2D eigenvalue weighted by atomic mass is 10.2. The number of ether oxygens (including phenoxy) is 2. The van der Waals surface area contributed by atoms with Gasteiger partial charge in [0, 0.05) is 32.7 Å². The molecule has 1 N–H and O–H groups in total. The van der Waals surface area contributed by atoms with E-state index in [1.54, 1.807) is 0 Å². The number of hydrogen-bond acceptors (Lipinski definition) is 4. The Morgan fingerprint density at radius 1 is 1.27 bits per heavy atom. The fourth-order valence-electron chi connectivity index (χ4n) is 2.46. The highest BCUT2D eigenvalue weighted by Crippen LogP contribution is 2.11. The van der Waals surface area contributed by atoms with Gasteiger partial charge in [0.25, 0.3) is 0 Å². The van der Waals surface area contributed by atoms with Crippen LogP contribution < -0.4 is 5.32 Å². The second kappa shape index (κ2) is 5.25. The molecule has 2 rings (SSSR count). The van der Waals surface area contributed by atoms with Gasteiger partial charge in [0.15, 0.2) is 0 Å². The van der Waals surface area contributed by atoms with Crippen LogP contribution in [0.25, 0.3) is 0 Å². The quantitative estimate of drug-likeness (QED) is 0.706. The molecule has 3 atom stereocenters. The molecule has 0 amide bonds. The van der Waals surface area contributed by atoms with E-state index in [1.165, 1.54) is 0 Å². The molecule has 88 valence electrons. The van der Waals surface area contributed by atoms with E-state index < -0.39 is 0 Å². The van der Waals surface area contributed by atoms with E-state index in [9.17, 15) is 0 Å². The molecule has 0 aromatic heterocycles. The van der Waals surface area contributed by atoms with E-state index in [0.29, 0.717) is 18.3 Å². The van der Waals surface area contributed by atoms with Crippen molar-refractivity contribution in [3.8, 4) is 0 Å². The maximum absolute atomic E-state index is 5.71. The summed E-state index contributed by atoms with van der Waals surface area (Å²) in [5.41, 5.74) is 0. The largest absolute Gasteiger partial charge is 0.374 e. The third-order valence-corrected chi connectivity index (χ3v) is 2.96. The Bertz CT molecular complexity index is 185. The van der Waals surface area contributed by atoms with Gasteiger partial charge < -0.3 is 14.8 Å². The molecule has 1 unspecified atom stereocenters. The number of rotatable bonds is 2. The molecular formula is C11H22N2O2. The fourth-order valence-corrected chi connectivity index (χ4v) is 2.46. The van der Waals surface area contributed by atoms with Crippen molar-refractivity contribution in [1.29, 1.82) is 0 Å². The van der Waals surface area contributed by atoms with Crippen LogP contribution in [0.4, 0.5) is 0 Å². The Kier molecular flexibility index (Phi) is 3.97. The molecule has 0 spiro atoms. The van der Waals surface area contributed by atoms with Crippen LogP contribution in [0.3, 0.4) is 0 Å². The van der Waals surface area contributed by atoms with Crippen molar-refractivity contribution in [3.63, 3.8) is 0 Å². The Morgan fingerprint density at radius 3 is 2.60 bits per heavy atom. The van der Waals surface area contributed by atoms with Gasteiger partial charge in [-0.3, -0.25) is 4.90 Å². The lowest BCUT2D eigenvalue weighted by Gasteiger charge is -2.37. The highest BCUT2D eigenvalue weighted by Gasteiger charge is 2.25. The van der Waals surface area contributed by atoms with Crippen LogP contribution in [0.15, 0.2) is 0 Å². The molecular weight excluding hydrogens is 192 g/mol. The third kappa shape index (κ3) is 3.41. The minimum Gasteiger partial charge on any atom is -0.374 e. The number of hydrogen-bond donors (Lipinski definition) is 1. The fraction of sp³-hybridized carbons (Fsp3) is 1.00. The van der Waals surface area contributed by atoms with E-state index in [4.69, 9.17) is 9.47 Å². The average molecular weight is 214 g/mol. The van der Waals surface area contributed by atoms with Crippen molar-refractivity contribution < 1.29 is 9.47 Å². The van der Waals surface area contributed by atoms with Gasteiger partial charge in [-0.15, -0.1) is 0 Å². The van der Waals surface area contributed by atoms with Gasteiger partial charge in [-0.25, -0.2) is 0 Å². The van der Waals surface area contributed by atoms with Crippen molar-refractivity contribution in [2.75, 3.05) is 39.3 Å². The van der Waals surface area contributed by atoms with Crippen molar-refractivity contribution in [1.82, 2.24) is 10.2 Å². The molecule has 2 saturated heterocycles. The normalized spacial score (nSPS) is 39.2. The molecule has 0 aliphatic carbocycles. The Balaban J connectivity index is 1.77. The van der Waals surface area contributed by atoms with Crippen LogP contribution in [0, 0.1) is 0 Å². The van der Waals surface area contributed by atoms with E-state index >= 15 is 0 Å². The average Bonchev–Trinajstić information content (AvgIpc) is 2.17. The standard InChI is InChI=1S/C11H22N2O2/c1-9-6-13(7-10(2)15-9)8-11-5-12-3-4-14-11/h9-12H,3-8H2,1-2H3/t9-,10+,11?. The number of nitrogens with one attached hydrogen (secondary N) is 1. The van der Waals surface area contributed by atoms with Crippen molar-refractivity contribution in [2.45, 2.75) is 32.2 Å². The van der Waals surface area contributed by atoms with Crippen LogP contribution in [0.2, 0.25) is 0 Å². The van der Waals surface area contributed by atoms with Gasteiger partial charge in [-0.1, -0.05) is 0 Å². The summed E-state index contributed by atoms with van der Waals surface area (Å²) >= 11 is 0. The Morgan fingerprint density at radius 2 is 2.00 bits per heavy atom. The van der Waals surface area contributed by atoms with Crippen molar-refractivity contribution in [3.05, 3.63) is 0 Å². The molecule has 2 aliphatic rings. The number of nitrogens with zero attached hydrogens (tertiary/aromatic N) is 1. The molecule has 0 aromatic rings. The molecule has 15 heavy (non-hydrogen) atoms. The lowest BCUT2D eigenvalue weighted by Crippen LogP contribution is -2.51. The Hall–Kier alpha value is -0.160. The van der Waals surface area contributed by atoms with Gasteiger partial charge in [0.2, 0.25) is 0 Å². The minimum absolute atomic E-state index is 0.352. The Labute approximate surface area is 91.9 Å². The summed E-state index contributed by atoms with van der Waals surface area (Å²) in [6.45, 7) is 10.2. The predicted octanol–water partition coefficient (Wildman–Crippen LogP) is 0.0840. The topological polar surface area (TPSA) is 33.7 Å². The summed E-state index contributed by atoms with van der Waals surface area (Å²) in [5, 5.41) is 3.36. The highest BCUT2D eigenvalue weighted by atomic mass is 16.5. The molecule has 0 radical (unpaired) electrons. The summed E-state index contributed by atoms with van der Waals surface area (Å²) in [6.07, 6.45) is 1.06. The smallest absolute Gasteiger partial charge is 0.0826 e. The summed E-state index contributed by atoms with van der Waals surface area (Å²) in [7, 11) is 0. The van der Waals surface area contributed by atoms with Gasteiger partial charge in [-0.2, -0.15) is 0 Å². The predicted molar refractivity (Wildman–Crippen MR) is 59.1 cm³/mol. The first-order chi connectivity index (χ1) is 7.24. The van der Waals surface area contributed by atoms with Crippen LogP contribution >= 0.6 is 0 Å². The van der Waals surface area contributed by atoms with Crippen LogP contribution in [-0.4, -0.2) is 62.5 Å². The third-order valence-electron chi connectivity index (χ3n) is 2.96. The van der Waals surface area contributed by atoms with Crippen molar-refractivity contribution in [2.24, 2.45) is 0 Å². The maximum atomic E-state index is 5.71. The monoisotopic (exact) mass is 214 g/mol. The molecule has 2 heterocycles. The second-order valence-electron chi connectivity index (χ2n) is 4.67. The molecule has 4 heteroatoms. The second-order valence-corrected chi connectivity index (χ2v) is 4.67. The van der Waals surface area contributed by atoms with E-state index in [-0.39, 0.29) is 0 Å². The van der Waals surface area contributed by atoms with Crippen molar-refractivity contribution >= 4 is 0 Å². The summed E-state index contributed by atoms with van der Waals surface area (Å²) in [4.78, 5) is 2.45. The van der Waals surface area contributed by atoms with Gasteiger partial charge in [-0.05, 0) is 13.8 Å². The van der Waals surface area contributed by atoms with E-state index in [1.807, 2.05) is 0 Å². The minimum atomic E-state index is 0.352. The molecule has 0 saturated carbocycles. The zero-order valence-corrected chi connectivity index (χ0v) is 9.74. The molecule has 2 aliphatic heterocycles. The first-order valence-corrected chi connectivity index (χ1v) is 5.94. The molecule has 0 aromatic carbocycles. The van der Waals surface area contributed by atoms with E-state index in [0.717, 1.165) is 39.3 Å². The molecule has 4 nitrogen and oxygen atoms in total. The van der Waals surface area contributed by atoms with Gasteiger partial charge in [0.1, 0.15) is 0 Å². The van der Waals surface area contributed by atoms with E-state index in [2.05, 4.69) is 24.1 Å². The van der Waals surface area contributed by atoms with Crippen LogP contribution in [-0.2, 0) is 9.47 Å². The number of morpholine rings is 2. The lowest BCUT2D eigenvalue weighted by molar-refractivity contribution is -0.0850. The maximum Gasteiger partial charge on any atom is 0.0826 e. The zero-order chi connectivity index (χ0) is 10.7. The summed E-state index contributed by atoms with van der Waals surface area (Å²) < 4.78 is 11.4.